The Morgan fingerprint density at radius 3 is 2.37 bits per heavy atom. The van der Waals surface area contributed by atoms with Gasteiger partial charge in [-0.1, -0.05) is 24.3 Å². The summed E-state index contributed by atoms with van der Waals surface area (Å²) in [6.45, 7) is 3.93. The Kier molecular flexibility index (Phi) is 7.68. The fourth-order valence-corrected chi connectivity index (χ4v) is 3.51. The third-order valence-electron chi connectivity index (χ3n) is 4.99. The number of carbonyl (C=O) groups excluding carboxylic acids is 2. The lowest BCUT2D eigenvalue weighted by atomic mass is 9.94. The lowest BCUT2D eigenvalue weighted by Gasteiger charge is -2.34. The van der Waals surface area contributed by atoms with Gasteiger partial charge in [-0.2, -0.15) is 0 Å². The molecule has 1 atom stereocenters. The largest absolute Gasteiger partial charge is 0.494 e. The van der Waals surface area contributed by atoms with E-state index in [2.05, 4.69) is 5.32 Å². The molecule has 30 heavy (non-hydrogen) atoms. The maximum atomic E-state index is 12.4. The summed E-state index contributed by atoms with van der Waals surface area (Å²) < 4.78 is 16.0. The minimum atomic E-state index is -0.462. The van der Waals surface area contributed by atoms with E-state index in [0.717, 1.165) is 16.9 Å². The Labute approximate surface area is 176 Å². The first-order valence-corrected chi connectivity index (χ1v) is 10.1. The topological polar surface area (TPSA) is 77.1 Å². The fourth-order valence-electron chi connectivity index (χ4n) is 3.51. The SMILES string of the molecule is CCOc1ccc(OCCNC(=O)CN2Cc3ccccc3C[C@@H]2C(=O)OC)cc1. The van der Waals surface area contributed by atoms with E-state index in [-0.39, 0.29) is 18.4 Å². The van der Waals surface area contributed by atoms with Crippen molar-refractivity contribution in [1.82, 2.24) is 10.2 Å². The average molecular weight is 412 g/mol. The van der Waals surface area contributed by atoms with E-state index in [1.807, 2.05) is 60.4 Å². The number of rotatable bonds is 9. The Morgan fingerprint density at radius 1 is 1.03 bits per heavy atom. The second-order valence-electron chi connectivity index (χ2n) is 7.02. The van der Waals surface area contributed by atoms with Crippen LogP contribution in [0.2, 0.25) is 0 Å². The van der Waals surface area contributed by atoms with Crippen LogP contribution in [-0.2, 0) is 27.3 Å². The van der Waals surface area contributed by atoms with E-state index in [9.17, 15) is 9.59 Å². The second-order valence-corrected chi connectivity index (χ2v) is 7.02. The molecular formula is C23H28N2O5. The summed E-state index contributed by atoms with van der Waals surface area (Å²) in [6.07, 6.45) is 0.539. The van der Waals surface area contributed by atoms with Crippen molar-refractivity contribution in [2.45, 2.75) is 25.9 Å². The van der Waals surface area contributed by atoms with E-state index in [1.165, 1.54) is 7.11 Å². The summed E-state index contributed by atoms with van der Waals surface area (Å²) in [5.74, 6) is 1.03. The molecule has 0 radical (unpaired) electrons. The smallest absolute Gasteiger partial charge is 0.323 e. The van der Waals surface area contributed by atoms with Crippen molar-refractivity contribution in [3.05, 3.63) is 59.7 Å². The number of esters is 1. The number of ether oxygens (including phenoxy) is 3. The molecule has 2 aromatic rings. The normalized spacial score (nSPS) is 15.7. The maximum absolute atomic E-state index is 12.4. The van der Waals surface area contributed by atoms with Crippen LogP contribution < -0.4 is 14.8 Å². The van der Waals surface area contributed by atoms with E-state index < -0.39 is 6.04 Å². The average Bonchev–Trinajstić information content (AvgIpc) is 2.77. The zero-order valence-corrected chi connectivity index (χ0v) is 17.4. The Balaban J connectivity index is 1.47. The van der Waals surface area contributed by atoms with Crippen molar-refractivity contribution in [3.63, 3.8) is 0 Å². The zero-order chi connectivity index (χ0) is 21.3. The van der Waals surface area contributed by atoms with Crippen LogP contribution in [0.15, 0.2) is 48.5 Å². The van der Waals surface area contributed by atoms with Gasteiger partial charge in [-0.25, -0.2) is 0 Å². The van der Waals surface area contributed by atoms with Gasteiger partial charge in [0.2, 0.25) is 5.91 Å². The minimum Gasteiger partial charge on any atom is -0.494 e. The zero-order valence-electron chi connectivity index (χ0n) is 17.4. The van der Waals surface area contributed by atoms with Gasteiger partial charge < -0.3 is 19.5 Å². The first-order chi connectivity index (χ1) is 14.6. The van der Waals surface area contributed by atoms with Gasteiger partial charge in [0.25, 0.3) is 0 Å². The molecular weight excluding hydrogens is 384 g/mol. The van der Waals surface area contributed by atoms with Crippen LogP contribution in [0.1, 0.15) is 18.1 Å². The van der Waals surface area contributed by atoms with Crippen molar-refractivity contribution in [2.24, 2.45) is 0 Å². The molecule has 2 aromatic carbocycles. The predicted molar refractivity (Wildman–Crippen MR) is 112 cm³/mol. The van der Waals surface area contributed by atoms with E-state index in [4.69, 9.17) is 14.2 Å². The van der Waals surface area contributed by atoms with E-state index in [0.29, 0.717) is 38.5 Å². The maximum Gasteiger partial charge on any atom is 0.323 e. The number of nitrogens with one attached hydrogen (secondary N) is 1. The van der Waals surface area contributed by atoms with Gasteiger partial charge in [0, 0.05) is 6.54 Å². The summed E-state index contributed by atoms with van der Waals surface area (Å²) >= 11 is 0. The fraction of sp³-hybridized carbons (Fsp3) is 0.391. The number of nitrogens with zero attached hydrogens (tertiary/aromatic N) is 1. The highest BCUT2D eigenvalue weighted by Gasteiger charge is 2.33. The second kappa shape index (κ2) is 10.6. The van der Waals surface area contributed by atoms with E-state index in [1.54, 1.807) is 0 Å². The number of fused-ring (bicyclic) bond motifs is 1. The number of carbonyl (C=O) groups is 2. The minimum absolute atomic E-state index is 0.122. The molecule has 0 aliphatic carbocycles. The first-order valence-electron chi connectivity index (χ1n) is 10.1. The molecule has 0 unspecified atom stereocenters. The Hall–Kier alpha value is -3.06. The number of methoxy groups -OCH3 is 1. The number of hydrogen-bond donors (Lipinski definition) is 1. The van der Waals surface area contributed by atoms with Crippen molar-refractivity contribution in [3.8, 4) is 11.5 Å². The van der Waals surface area contributed by atoms with Crippen LogP contribution in [0, 0.1) is 0 Å². The van der Waals surface area contributed by atoms with Gasteiger partial charge in [0.05, 0.1) is 26.8 Å². The summed E-state index contributed by atoms with van der Waals surface area (Å²) in [7, 11) is 1.37. The van der Waals surface area contributed by atoms with Crippen molar-refractivity contribution in [2.75, 3.05) is 33.4 Å². The highest BCUT2D eigenvalue weighted by Crippen LogP contribution is 2.23. The van der Waals surface area contributed by atoms with Gasteiger partial charge in [0.15, 0.2) is 0 Å². The van der Waals surface area contributed by atoms with Gasteiger partial charge in [-0.15, -0.1) is 0 Å². The summed E-state index contributed by atoms with van der Waals surface area (Å²) in [6, 6.07) is 14.9. The number of amides is 1. The summed E-state index contributed by atoms with van der Waals surface area (Å²) in [5, 5.41) is 2.85. The van der Waals surface area contributed by atoms with Crippen LogP contribution in [0.3, 0.4) is 0 Å². The van der Waals surface area contributed by atoms with Gasteiger partial charge in [-0.05, 0) is 48.7 Å². The van der Waals surface area contributed by atoms with Crippen molar-refractivity contribution in [1.29, 1.82) is 0 Å². The van der Waals surface area contributed by atoms with Crippen LogP contribution in [-0.4, -0.2) is 56.2 Å². The molecule has 1 N–H and O–H groups in total. The molecule has 1 amide bonds. The number of hydrogen-bond acceptors (Lipinski definition) is 6. The summed E-state index contributed by atoms with van der Waals surface area (Å²) in [5.41, 5.74) is 2.25. The van der Waals surface area contributed by atoms with E-state index >= 15 is 0 Å². The lowest BCUT2D eigenvalue weighted by molar-refractivity contribution is -0.148. The molecule has 3 rings (SSSR count). The molecule has 160 valence electrons. The van der Waals surface area contributed by atoms with Crippen LogP contribution in [0.4, 0.5) is 0 Å². The molecule has 0 saturated heterocycles. The predicted octanol–water partition coefficient (Wildman–Crippen LogP) is 2.18. The van der Waals surface area contributed by atoms with Crippen LogP contribution in [0.5, 0.6) is 11.5 Å². The molecule has 1 heterocycles. The molecule has 1 aliphatic heterocycles. The number of benzene rings is 2. The molecule has 1 aliphatic rings. The van der Waals surface area contributed by atoms with Gasteiger partial charge >= 0.3 is 5.97 Å². The van der Waals surface area contributed by atoms with Gasteiger partial charge in [0.1, 0.15) is 24.1 Å². The first kappa shape index (κ1) is 21.6. The molecule has 7 nitrogen and oxygen atoms in total. The lowest BCUT2D eigenvalue weighted by Crippen LogP contribution is -2.50. The molecule has 0 bridgehead atoms. The van der Waals surface area contributed by atoms with Crippen LogP contribution >= 0.6 is 0 Å². The Bertz CT molecular complexity index is 853. The Morgan fingerprint density at radius 2 is 1.70 bits per heavy atom. The third kappa shape index (κ3) is 5.73. The van der Waals surface area contributed by atoms with Crippen LogP contribution in [0.25, 0.3) is 0 Å². The monoisotopic (exact) mass is 412 g/mol. The van der Waals surface area contributed by atoms with Crippen molar-refractivity contribution >= 4 is 11.9 Å². The highest BCUT2D eigenvalue weighted by atomic mass is 16.5. The highest BCUT2D eigenvalue weighted by molar-refractivity contribution is 5.81. The summed E-state index contributed by atoms with van der Waals surface area (Å²) in [4.78, 5) is 26.5. The van der Waals surface area contributed by atoms with Crippen molar-refractivity contribution < 1.29 is 23.8 Å². The molecule has 0 aromatic heterocycles. The molecule has 7 heteroatoms. The molecule has 0 saturated carbocycles. The third-order valence-corrected chi connectivity index (χ3v) is 4.99. The standard InChI is InChI=1S/C23H28N2O5/c1-3-29-19-8-10-20(11-9-19)30-13-12-24-22(26)16-25-15-18-7-5-4-6-17(18)14-21(25)23(27)28-2/h4-11,21H,3,12-16H2,1-2H3,(H,24,26)/t21-/m1/s1. The molecule has 0 spiro atoms. The van der Waals surface area contributed by atoms with Gasteiger partial charge in [-0.3, -0.25) is 14.5 Å². The quantitative estimate of drug-likeness (QED) is 0.503. The molecule has 0 fully saturated rings.